The van der Waals surface area contributed by atoms with Crippen LogP contribution in [0.2, 0.25) is 0 Å². The van der Waals surface area contributed by atoms with Crippen LogP contribution >= 0.6 is 11.3 Å². The van der Waals surface area contributed by atoms with E-state index >= 15 is 0 Å². The molecule has 6 nitrogen and oxygen atoms in total. The highest BCUT2D eigenvalue weighted by molar-refractivity contribution is 7.91. The van der Waals surface area contributed by atoms with E-state index in [9.17, 15) is 8.42 Å². The first-order valence-corrected chi connectivity index (χ1v) is 9.99. The zero-order valence-corrected chi connectivity index (χ0v) is 14.9. The molecule has 2 atom stereocenters. The lowest BCUT2D eigenvalue weighted by molar-refractivity contribution is 0.302. The van der Waals surface area contributed by atoms with Gasteiger partial charge in [-0.25, -0.2) is 8.42 Å². The molecule has 124 valence electrons. The highest BCUT2D eigenvalue weighted by Gasteiger charge is 2.28. The van der Waals surface area contributed by atoms with E-state index in [1.54, 1.807) is 18.4 Å². The third-order valence-electron chi connectivity index (χ3n) is 3.75. The molecule has 0 aliphatic carbocycles. The zero-order chi connectivity index (χ0) is 16.2. The topological polar surface area (TPSA) is 73.8 Å². The fraction of sp³-hybridized carbons (Fsp3) is 0.643. The van der Waals surface area contributed by atoms with Gasteiger partial charge < -0.3 is 15.5 Å². The van der Waals surface area contributed by atoms with Gasteiger partial charge in [0.05, 0.1) is 17.5 Å². The van der Waals surface area contributed by atoms with Crippen molar-refractivity contribution in [2.24, 2.45) is 4.99 Å². The lowest BCUT2D eigenvalue weighted by Gasteiger charge is -2.25. The Balaban J connectivity index is 1.90. The summed E-state index contributed by atoms with van der Waals surface area (Å²) in [6.45, 7) is 0.715. The third-order valence-corrected chi connectivity index (χ3v) is 6.50. The van der Waals surface area contributed by atoms with Crippen molar-refractivity contribution >= 4 is 27.1 Å². The molecular weight excluding hydrogens is 320 g/mol. The summed E-state index contributed by atoms with van der Waals surface area (Å²) in [4.78, 5) is 7.64. The number of thiophene rings is 1. The molecule has 1 fully saturated rings. The van der Waals surface area contributed by atoms with Gasteiger partial charge in [0.2, 0.25) is 0 Å². The van der Waals surface area contributed by atoms with Crippen LogP contribution in [0.15, 0.2) is 22.5 Å². The van der Waals surface area contributed by atoms with E-state index in [1.165, 1.54) is 4.88 Å². The maximum absolute atomic E-state index is 11.5. The van der Waals surface area contributed by atoms with Gasteiger partial charge in [-0.05, 0) is 32.0 Å². The largest absolute Gasteiger partial charge is 0.354 e. The average molecular weight is 345 g/mol. The summed E-state index contributed by atoms with van der Waals surface area (Å²) >= 11 is 1.73. The first kappa shape index (κ1) is 17.2. The number of nitrogens with one attached hydrogen (secondary N) is 2. The molecule has 1 aliphatic rings. The van der Waals surface area contributed by atoms with Crippen molar-refractivity contribution in [1.29, 1.82) is 0 Å². The molecule has 22 heavy (non-hydrogen) atoms. The fourth-order valence-electron chi connectivity index (χ4n) is 2.51. The summed E-state index contributed by atoms with van der Waals surface area (Å²) < 4.78 is 23.0. The van der Waals surface area contributed by atoms with Crippen LogP contribution < -0.4 is 10.6 Å². The molecule has 0 aromatic carbocycles. The van der Waals surface area contributed by atoms with Gasteiger partial charge in [0.25, 0.3) is 0 Å². The molecule has 2 heterocycles. The summed E-state index contributed by atoms with van der Waals surface area (Å²) in [6, 6.07) is 4.38. The van der Waals surface area contributed by atoms with Crippen LogP contribution in [-0.2, 0) is 9.84 Å². The second kappa shape index (κ2) is 7.43. The average Bonchev–Trinajstić information content (AvgIpc) is 3.07. The molecule has 0 amide bonds. The second-order valence-corrected chi connectivity index (χ2v) is 8.90. The molecule has 1 aliphatic heterocycles. The Labute approximate surface area is 136 Å². The molecule has 8 heteroatoms. The summed E-state index contributed by atoms with van der Waals surface area (Å²) in [5.74, 6) is 1.11. The fourth-order valence-corrected chi connectivity index (χ4v) is 5.10. The molecule has 1 saturated heterocycles. The van der Waals surface area contributed by atoms with E-state index in [0.29, 0.717) is 18.9 Å². The number of aliphatic imine (C=N–C) groups is 1. The normalized spacial score (nSPS) is 22.7. The number of guanidine groups is 1. The maximum Gasteiger partial charge on any atom is 0.191 e. The van der Waals surface area contributed by atoms with E-state index in [0.717, 1.165) is 0 Å². The molecule has 2 N–H and O–H groups in total. The van der Waals surface area contributed by atoms with Crippen LogP contribution in [0.1, 0.15) is 17.3 Å². The molecular formula is C14H24N4O2S2. The molecule has 1 aromatic heterocycles. The molecule has 0 radical (unpaired) electrons. The van der Waals surface area contributed by atoms with Crippen LogP contribution in [0.5, 0.6) is 0 Å². The van der Waals surface area contributed by atoms with Crippen molar-refractivity contribution in [3.8, 4) is 0 Å². The van der Waals surface area contributed by atoms with E-state index < -0.39 is 9.84 Å². The highest BCUT2D eigenvalue weighted by Crippen LogP contribution is 2.22. The van der Waals surface area contributed by atoms with Crippen molar-refractivity contribution < 1.29 is 8.42 Å². The minimum atomic E-state index is -2.88. The van der Waals surface area contributed by atoms with Gasteiger partial charge in [0.15, 0.2) is 15.8 Å². The van der Waals surface area contributed by atoms with Gasteiger partial charge in [-0.15, -0.1) is 11.3 Å². The first-order valence-electron chi connectivity index (χ1n) is 7.28. The van der Waals surface area contributed by atoms with Gasteiger partial charge in [-0.3, -0.25) is 4.99 Å². The standard InChI is InChI=1S/C14H24N4O2S2/c1-15-14(17-11-6-8-22(19,20)10-11)16-9-12(18(2)3)13-5-4-7-21-13/h4-5,7,11-12H,6,8-10H2,1-3H3,(H2,15,16,17). The van der Waals surface area contributed by atoms with Crippen molar-refractivity contribution in [3.05, 3.63) is 22.4 Å². The summed E-state index contributed by atoms with van der Waals surface area (Å²) in [5, 5.41) is 8.58. The van der Waals surface area contributed by atoms with Crippen molar-refractivity contribution in [2.75, 3.05) is 39.2 Å². The molecule has 2 unspecified atom stereocenters. The smallest absolute Gasteiger partial charge is 0.191 e. The van der Waals surface area contributed by atoms with Gasteiger partial charge in [0.1, 0.15) is 0 Å². The minimum Gasteiger partial charge on any atom is -0.354 e. The molecule has 0 bridgehead atoms. The van der Waals surface area contributed by atoms with Gasteiger partial charge >= 0.3 is 0 Å². The van der Waals surface area contributed by atoms with E-state index in [2.05, 4.69) is 32.0 Å². The van der Waals surface area contributed by atoms with Crippen LogP contribution in [0.25, 0.3) is 0 Å². The van der Waals surface area contributed by atoms with E-state index in [4.69, 9.17) is 0 Å². The van der Waals surface area contributed by atoms with Crippen LogP contribution in [0, 0.1) is 0 Å². The number of sulfone groups is 1. The van der Waals surface area contributed by atoms with Crippen molar-refractivity contribution in [2.45, 2.75) is 18.5 Å². The number of nitrogens with zero attached hydrogens (tertiary/aromatic N) is 2. The quantitative estimate of drug-likeness (QED) is 0.608. The number of rotatable bonds is 5. The lowest BCUT2D eigenvalue weighted by Crippen LogP contribution is -2.46. The second-order valence-electron chi connectivity index (χ2n) is 5.69. The number of likely N-dealkylation sites (N-methyl/N-ethyl adjacent to an activating group) is 1. The Morgan fingerprint density at radius 1 is 1.55 bits per heavy atom. The maximum atomic E-state index is 11.5. The van der Waals surface area contributed by atoms with Crippen LogP contribution in [0.4, 0.5) is 0 Å². The Bertz CT molecular complexity index is 596. The monoisotopic (exact) mass is 344 g/mol. The number of hydrogen-bond donors (Lipinski definition) is 2. The van der Waals surface area contributed by atoms with E-state index in [-0.39, 0.29) is 23.6 Å². The van der Waals surface area contributed by atoms with Gasteiger partial charge in [0, 0.05) is 24.5 Å². The highest BCUT2D eigenvalue weighted by atomic mass is 32.2. The summed E-state index contributed by atoms with van der Waals surface area (Å²) in [7, 11) is 2.92. The molecule has 0 spiro atoms. The summed E-state index contributed by atoms with van der Waals surface area (Å²) in [5.41, 5.74) is 0. The predicted octanol–water partition coefficient (Wildman–Crippen LogP) is 0.703. The SMILES string of the molecule is CN=C(NCC(c1cccs1)N(C)C)NC1CCS(=O)(=O)C1. The summed E-state index contributed by atoms with van der Waals surface area (Å²) in [6.07, 6.45) is 0.644. The predicted molar refractivity (Wildman–Crippen MR) is 92.3 cm³/mol. The minimum absolute atomic E-state index is 0.0456. The Morgan fingerprint density at radius 3 is 2.82 bits per heavy atom. The lowest BCUT2D eigenvalue weighted by atomic mass is 10.2. The van der Waals surface area contributed by atoms with Crippen molar-refractivity contribution in [1.82, 2.24) is 15.5 Å². The molecule has 1 aromatic rings. The molecule has 0 saturated carbocycles. The van der Waals surface area contributed by atoms with Crippen molar-refractivity contribution in [3.63, 3.8) is 0 Å². The van der Waals surface area contributed by atoms with Gasteiger partial charge in [-0.2, -0.15) is 0 Å². The third kappa shape index (κ3) is 4.69. The van der Waals surface area contributed by atoms with E-state index in [1.807, 2.05) is 20.2 Å². The van der Waals surface area contributed by atoms with Crippen LogP contribution in [0.3, 0.4) is 0 Å². The number of hydrogen-bond acceptors (Lipinski definition) is 5. The Kier molecular flexibility index (Phi) is 5.82. The van der Waals surface area contributed by atoms with Gasteiger partial charge in [-0.1, -0.05) is 6.07 Å². The Morgan fingerprint density at radius 2 is 2.32 bits per heavy atom. The van der Waals surface area contributed by atoms with Crippen LogP contribution in [-0.4, -0.2) is 64.5 Å². The zero-order valence-electron chi connectivity index (χ0n) is 13.2. The molecule has 2 rings (SSSR count). The Hall–Kier alpha value is -1.12. The first-order chi connectivity index (χ1) is 10.4.